The van der Waals surface area contributed by atoms with Crippen molar-refractivity contribution in [2.45, 2.75) is 32.4 Å². The molecule has 2 nitrogen and oxygen atoms in total. The molecular formula is C16H21NOS. The lowest BCUT2D eigenvalue weighted by Crippen LogP contribution is -2.32. The van der Waals surface area contributed by atoms with Gasteiger partial charge in [-0.15, -0.1) is 0 Å². The van der Waals surface area contributed by atoms with E-state index in [1.165, 1.54) is 5.56 Å². The van der Waals surface area contributed by atoms with Gasteiger partial charge in [0.15, 0.2) is 0 Å². The fourth-order valence-corrected chi connectivity index (χ4v) is 2.90. The van der Waals surface area contributed by atoms with E-state index in [1.807, 2.05) is 31.2 Å². The van der Waals surface area contributed by atoms with Gasteiger partial charge in [-0.25, -0.2) is 0 Å². The average Bonchev–Trinajstić information content (AvgIpc) is 2.89. The third-order valence-corrected chi connectivity index (χ3v) is 4.06. The number of nitrogens with one attached hydrogen (secondary N) is 1. The highest BCUT2D eigenvalue weighted by Gasteiger charge is 2.11. The summed E-state index contributed by atoms with van der Waals surface area (Å²) < 4.78 is 0. The van der Waals surface area contributed by atoms with Gasteiger partial charge in [0.25, 0.3) is 0 Å². The van der Waals surface area contributed by atoms with E-state index in [1.54, 1.807) is 11.3 Å². The van der Waals surface area contributed by atoms with Crippen LogP contribution in [0.5, 0.6) is 0 Å². The molecular weight excluding hydrogens is 254 g/mol. The summed E-state index contributed by atoms with van der Waals surface area (Å²) in [6.45, 7) is 4.78. The van der Waals surface area contributed by atoms with Gasteiger partial charge < -0.3 is 10.4 Å². The lowest BCUT2D eigenvalue weighted by molar-refractivity contribution is 0.170. The number of thiophene rings is 1. The zero-order valence-electron chi connectivity index (χ0n) is 11.5. The van der Waals surface area contributed by atoms with Gasteiger partial charge >= 0.3 is 0 Å². The van der Waals surface area contributed by atoms with Crippen LogP contribution in [0.3, 0.4) is 0 Å². The van der Waals surface area contributed by atoms with Gasteiger partial charge in [0, 0.05) is 12.6 Å². The predicted molar refractivity (Wildman–Crippen MR) is 81.6 cm³/mol. The summed E-state index contributed by atoms with van der Waals surface area (Å²) in [6, 6.07) is 10.5. The smallest absolute Gasteiger partial charge is 0.0917 e. The van der Waals surface area contributed by atoms with Crippen molar-refractivity contribution in [3.8, 4) is 0 Å². The summed E-state index contributed by atoms with van der Waals surface area (Å²) in [5.74, 6) is 0. The van der Waals surface area contributed by atoms with Crippen molar-refractivity contribution in [3.05, 3.63) is 57.8 Å². The summed E-state index contributed by atoms with van der Waals surface area (Å²) in [5, 5.41) is 17.9. The van der Waals surface area contributed by atoms with E-state index in [0.29, 0.717) is 12.6 Å². The van der Waals surface area contributed by atoms with Crippen LogP contribution in [-0.4, -0.2) is 17.7 Å². The van der Waals surface area contributed by atoms with Crippen molar-refractivity contribution >= 4 is 11.3 Å². The van der Waals surface area contributed by atoms with Gasteiger partial charge in [-0.2, -0.15) is 11.3 Å². The molecule has 1 aromatic carbocycles. The fourth-order valence-electron chi connectivity index (χ4n) is 2.22. The molecule has 2 rings (SSSR count). The Hall–Kier alpha value is -1.16. The Kier molecular flexibility index (Phi) is 5.14. The highest BCUT2D eigenvalue weighted by atomic mass is 32.1. The Bertz CT molecular complexity index is 495. The van der Waals surface area contributed by atoms with Gasteiger partial charge in [0.2, 0.25) is 0 Å². The van der Waals surface area contributed by atoms with Crippen molar-refractivity contribution < 1.29 is 5.11 Å². The van der Waals surface area contributed by atoms with Gasteiger partial charge in [-0.05, 0) is 53.8 Å². The first-order chi connectivity index (χ1) is 9.16. The average molecular weight is 275 g/mol. The number of benzene rings is 1. The predicted octanol–water partition coefficient (Wildman–Crippen LogP) is 3.31. The number of hydrogen-bond acceptors (Lipinski definition) is 3. The van der Waals surface area contributed by atoms with E-state index in [9.17, 15) is 5.11 Å². The van der Waals surface area contributed by atoms with Gasteiger partial charge in [-0.1, -0.05) is 24.3 Å². The Morgan fingerprint density at radius 3 is 2.74 bits per heavy atom. The van der Waals surface area contributed by atoms with E-state index in [-0.39, 0.29) is 0 Å². The number of aliphatic hydroxyl groups excluding tert-OH is 1. The molecule has 0 aliphatic carbocycles. The summed E-state index contributed by atoms with van der Waals surface area (Å²) in [7, 11) is 0. The zero-order chi connectivity index (χ0) is 13.7. The molecule has 0 saturated carbocycles. The molecule has 102 valence electrons. The second kappa shape index (κ2) is 6.85. The Balaban J connectivity index is 1.83. The van der Waals surface area contributed by atoms with E-state index < -0.39 is 6.10 Å². The van der Waals surface area contributed by atoms with Crippen molar-refractivity contribution in [1.29, 1.82) is 0 Å². The molecule has 2 N–H and O–H groups in total. The minimum absolute atomic E-state index is 0.369. The molecule has 0 bridgehead atoms. The molecule has 1 heterocycles. The maximum Gasteiger partial charge on any atom is 0.0917 e. The highest BCUT2D eigenvalue weighted by molar-refractivity contribution is 7.07. The Labute approximate surface area is 119 Å². The molecule has 0 saturated heterocycles. The summed E-state index contributed by atoms with van der Waals surface area (Å²) in [6.07, 6.45) is 0.565. The molecule has 0 radical (unpaired) electrons. The molecule has 3 heteroatoms. The maximum absolute atomic E-state index is 10.2. The maximum atomic E-state index is 10.2. The molecule has 0 amide bonds. The summed E-state index contributed by atoms with van der Waals surface area (Å²) in [5.41, 5.74) is 3.51. The number of hydrogen-bond donors (Lipinski definition) is 2. The summed E-state index contributed by atoms with van der Waals surface area (Å²) >= 11 is 1.73. The van der Waals surface area contributed by atoms with Crippen LogP contribution in [0.1, 0.15) is 29.7 Å². The molecule has 2 unspecified atom stereocenters. The van der Waals surface area contributed by atoms with Crippen molar-refractivity contribution in [3.63, 3.8) is 0 Å². The number of aliphatic hydroxyl groups is 1. The molecule has 2 aromatic rings. The van der Waals surface area contributed by atoms with Crippen molar-refractivity contribution in [2.24, 2.45) is 0 Å². The largest absolute Gasteiger partial charge is 0.387 e. The van der Waals surface area contributed by atoms with Crippen LogP contribution in [-0.2, 0) is 6.42 Å². The monoisotopic (exact) mass is 275 g/mol. The molecule has 0 aliphatic rings. The van der Waals surface area contributed by atoms with Crippen molar-refractivity contribution in [2.75, 3.05) is 6.54 Å². The minimum Gasteiger partial charge on any atom is -0.387 e. The van der Waals surface area contributed by atoms with Crippen molar-refractivity contribution in [1.82, 2.24) is 5.32 Å². The van der Waals surface area contributed by atoms with E-state index in [2.05, 4.69) is 29.1 Å². The molecule has 19 heavy (non-hydrogen) atoms. The lowest BCUT2D eigenvalue weighted by Gasteiger charge is -2.18. The SMILES string of the molecule is Cc1ccccc1C(O)CNC(C)Cc1ccsc1. The van der Waals surface area contributed by atoms with Gasteiger partial charge in [-0.3, -0.25) is 0 Å². The molecule has 2 atom stereocenters. The highest BCUT2D eigenvalue weighted by Crippen LogP contribution is 2.16. The van der Waals surface area contributed by atoms with Crippen LogP contribution in [0.4, 0.5) is 0 Å². The third-order valence-electron chi connectivity index (χ3n) is 3.33. The van der Waals surface area contributed by atoms with Crippen LogP contribution in [0, 0.1) is 6.92 Å². The second-order valence-corrected chi connectivity index (χ2v) is 5.80. The van der Waals surface area contributed by atoms with Crippen LogP contribution < -0.4 is 5.32 Å². The number of rotatable bonds is 6. The standard InChI is InChI=1S/C16H21NOS/c1-12-5-3-4-6-15(12)16(18)10-17-13(2)9-14-7-8-19-11-14/h3-8,11,13,16-18H,9-10H2,1-2H3. The molecule has 1 aromatic heterocycles. The third kappa shape index (κ3) is 4.16. The minimum atomic E-state index is -0.439. The van der Waals surface area contributed by atoms with Crippen LogP contribution >= 0.6 is 11.3 Å². The fraction of sp³-hybridized carbons (Fsp3) is 0.375. The van der Waals surface area contributed by atoms with E-state index >= 15 is 0 Å². The molecule has 0 spiro atoms. The van der Waals surface area contributed by atoms with Crippen LogP contribution in [0.25, 0.3) is 0 Å². The molecule has 0 fully saturated rings. The van der Waals surface area contributed by atoms with Gasteiger partial charge in [0.05, 0.1) is 6.10 Å². The summed E-state index contributed by atoms with van der Waals surface area (Å²) in [4.78, 5) is 0. The van der Waals surface area contributed by atoms with Crippen LogP contribution in [0.2, 0.25) is 0 Å². The quantitative estimate of drug-likeness (QED) is 0.847. The Morgan fingerprint density at radius 1 is 1.26 bits per heavy atom. The van der Waals surface area contributed by atoms with Crippen LogP contribution in [0.15, 0.2) is 41.1 Å². The lowest BCUT2D eigenvalue weighted by atomic mass is 10.0. The topological polar surface area (TPSA) is 32.3 Å². The first kappa shape index (κ1) is 14.3. The van der Waals surface area contributed by atoms with E-state index in [0.717, 1.165) is 17.5 Å². The normalized spacial score (nSPS) is 14.3. The zero-order valence-corrected chi connectivity index (χ0v) is 12.3. The first-order valence-electron chi connectivity index (χ1n) is 6.65. The number of aryl methyl sites for hydroxylation is 1. The van der Waals surface area contributed by atoms with Gasteiger partial charge in [0.1, 0.15) is 0 Å². The second-order valence-electron chi connectivity index (χ2n) is 5.02. The first-order valence-corrected chi connectivity index (χ1v) is 7.59. The van der Waals surface area contributed by atoms with E-state index in [4.69, 9.17) is 0 Å². The molecule has 0 aliphatic heterocycles. The Morgan fingerprint density at radius 2 is 2.05 bits per heavy atom.